The van der Waals surface area contributed by atoms with E-state index in [1.54, 1.807) is 13.8 Å². The summed E-state index contributed by atoms with van der Waals surface area (Å²) in [5.41, 5.74) is 0.857. The van der Waals surface area contributed by atoms with E-state index in [1.165, 1.54) is 11.8 Å². The maximum atomic E-state index is 9.51. The average molecular weight is 315 g/mol. The van der Waals surface area contributed by atoms with Crippen molar-refractivity contribution in [1.29, 1.82) is 0 Å². The molecule has 1 heterocycles. The first-order valence-corrected chi connectivity index (χ1v) is 6.62. The van der Waals surface area contributed by atoms with Crippen molar-refractivity contribution in [3.63, 3.8) is 0 Å². The van der Waals surface area contributed by atoms with Crippen molar-refractivity contribution >= 4 is 27.7 Å². The monoisotopic (exact) mass is 314 g/mol. The van der Waals surface area contributed by atoms with Crippen LogP contribution in [0.15, 0.2) is 37.2 Å². The van der Waals surface area contributed by atoms with Crippen LogP contribution < -0.4 is 0 Å². The second-order valence-electron chi connectivity index (χ2n) is 3.55. The van der Waals surface area contributed by atoms with E-state index in [0.717, 1.165) is 14.9 Å². The number of aliphatic hydroxyl groups is 1. The molecular weight excluding hydrogens is 304 g/mol. The molecule has 0 radical (unpaired) electrons. The Morgan fingerprint density at radius 3 is 2.71 bits per heavy atom. The predicted octanol–water partition coefficient (Wildman–Crippen LogP) is 3.35. The zero-order valence-electron chi connectivity index (χ0n) is 9.35. The van der Waals surface area contributed by atoms with Crippen molar-refractivity contribution in [2.24, 2.45) is 0 Å². The molecule has 17 heavy (non-hydrogen) atoms. The van der Waals surface area contributed by atoms with E-state index < -0.39 is 6.10 Å². The molecule has 0 unspecified atom stereocenters. The molecule has 0 saturated heterocycles. The van der Waals surface area contributed by atoms with E-state index in [1.807, 2.05) is 18.2 Å². The van der Waals surface area contributed by atoms with Gasteiger partial charge in [-0.1, -0.05) is 22.0 Å². The molecule has 0 fully saturated rings. The van der Waals surface area contributed by atoms with Crippen LogP contribution in [0, 0.1) is 6.92 Å². The highest BCUT2D eigenvalue weighted by Crippen LogP contribution is 2.32. The van der Waals surface area contributed by atoms with Crippen molar-refractivity contribution in [3.05, 3.63) is 34.1 Å². The lowest BCUT2D eigenvalue weighted by atomic mass is 10.1. The molecule has 1 N–H and O–H groups in total. The van der Waals surface area contributed by atoms with Gasteiger partial charge in [-0.3, -0.25) is 0 Å². The van der Waals surface area contributed by atoms with Crippen LogP contribution in [0.4, 0.5) is 0 Å². The number of rotatable bonds is 3. The van der Waals surface area contributed by atoms with Crippen LogP contribution in [0.5, 0.6) is 0 Å². The normalized spacial score (nSPS) is 12.7. The summed E-state index contributed by atoms with van der Waals surface area (Å²) in [6, 6.07) is 5.71. The zero-order chi connectivity index (χ0) is 12.4. The third kappa shape index (κ3) is 3.08. The summed E-state index contributed by atoms with van der Waals surface area (Å²) in [7, 11) is 0. The molecule has 0 aliphatic heterocycles. The Kier molecular flexibility index (Phi) is 3.86. The van der Waals surface area contributed by atoms with Gasteiger partial charge < -0.3 is 9.52 Å². The summed E-state index contributed by atoms with van der Waals surface area (Å²) in [5.74, 6) is 0.548. The number of hydrogen-bond donors (Lipinski definition) is 1. The maximum Gasteiger partial charge on any atom is 0.281 e. The van der Waals surface area contributed by atoms with Gasteiger partial charge in [-0.15, -0.1) is 10.2 Å². The molecule has 4 nitrogen and oxygen atoms in total. The molecule has 2 aromatic rings. The average Bonchev–Trinajstić information content (AvgIpc) is 2.63. The zero-order valence-corrected chi connectivity index (χ0v) is 11.7. The Balaban J connectivity index is 2.20. The van der Waals surface area contributed by atoms with Crippen LogP contribution >= 0.6 is 27.7 Å². The Labute approximate surface area is 112 Å². The molecule has 0 aliphatic carbocycles. The van der Waals surface area contributed by atoms with E-state index in [4.69, 9.17) is 4.42 Å². The van der Waals surface area contributed by atoms with Crippen LogP contribution in [-0.4, -0.2) is 15.3 Å². The number of aromatic nitrogens is 2. The molecule has 0 amide bonds. The first-order chi connectivity index (χ1) is 8.06. The molecule has 0 aliphatic rings. The minimum Gasteiger partial charge on any atom is -0.416 e. The van der Waals surface area contributed by atoms with Crippen LogP contribution in [0.3, 0.4) is 0 Å². The van der Waals surface area contributed by atoms with E-state index in [2.05, 4.69) is 26.1 Å². The summed E-state index contributed by atoms with van der Waals surface area (Å²) in [6.07, 6.45) is -0.492. The van der Waals surface area contributed by atoms with Crippen molar-refractivity contribution in [1.82, 2.24) is 10.2 Å². The Morgan fingerprint density at radius 2 is 2.18 bits per heavy atom. The summed E-state index contributed by atoms with van der Waals surface area (Å²) < 4.78 is 6.15. The Hall–Kier alpha value is -0.850. The molecule has 0 saturated carbocycles. The van der Waals surface area contributed by atoms with E-state index in [0.29, 0.717) is 11.1 Å². The van der Waals surface area contributed by atoms with Gasteiger partial charge in [0.1, 0.15) is 0 Å². The summed E-state index contributed by atoms with van der Waals surface area (Å²) in [4.78, 5) is 0.977. The second-order valence-corrected chi connectivity index (χ2v) is 5.43. The molecule has 0 bridgehead atoms. The highest BCUT2D eigenvalue weighted by Gasteiger charge is 2.09. The van der Waals surface area contributed by atoms with E-state index in [-0.39, 0.29) is 0 Å². The number of hydrogen-bond acceptors (Lipinski definition) is 5. The van der Waals surface area contributed by atoms with Crippen LogP contribution in [0.1, 0.15) is 24.5 Å². The second kappa shape index (κ2) is 5.20. The molecule has 0 spiro atoms. The third-order valence-electron chi connectivity index (χ3n) is 2.13. The molecule has 2 rings (SSSR count). The van der Waals surface area contributed by atoms with Crippen molar-refractivity contribution < 1.29 is 9.52 Å². The fraction of sp³-hybridized carbons (Fsp3) is 0.273. The van der Waals surface area contributed by atoms with Crippen molar-refractivity contribution in [2.45, 2.75) is 30.1 Å². The third-order valence-corrected chi connectivity index (χ3v) is 3.65. The minimum atomic E-state index is -0.492. The minimum absolute atomic E-state index is 0.492. The molecule has 1 aromatic carbocycles. The van der Waals surface area contributed by atoms with Gasteiger partial charge in [-0.2, -0.15) is 0 Å². The molecule has 1 aromatic heterocycles. The Bertz CT molecular complexity index is 528. The lowest BCUT2D eigenvalue weighted by Gasteiger charge is -2.08. The summed E-state index contributed by atoms with van der Waals surface area (Å²) in [5, 5.41) is 17.7. The topological polar surface area (TPSA) is 59.2 Å². The van der Waals surface area contributed by atoms with Crippen LogP contribution in [-0.2, 0) is 0 Å². The number of aliphatic hydroxyl groups excluding tert-OH is 1. The molecular formula is C11H11BrN2O2S. The highest BCUT2D eigenvalue weighted by molar-refractivity contribution is 9.10. The number of benzene rings is 1. The van der Waals surface area contributed by atoms with Gasteiger partial charge in [0.25, 0.3) is 5.22 Å². The number of nitrogens with zero attached hydrogens (tertiary/aromatic N) is 2. The SMILES string of the molecule is Cc1nnc(Sc2ccc([C@H](C)O)c(Br)c2)o1. The lowest BCUT2D eigenvalue weighted by Crippen LogP contribution is -1.92. The number of aryl methyl sites for hydroxylation is 1. The smallest absolute Gasteiger partial charge is 0.281 e. The highest BCUT2D eigenvalue weighted by atomic mass is 79.9. The quantitative estimate of drug-likeness (QED) is 0.941. The predicted molar refractivity (Wildman–Crippen MR) is 67.9 cm³/mol. The first kappa shape index (κ1) is 12.6. The van der Waals surface area contributed by atoms with E-state index in [9.17, 15) is 5.11 Å². The fourth-order valence-corrected chi connectivity index (χ4v) is 2.95. The summed E-state index contributed by atoms with van der Waals surface area (Å²) in [6.45, 7) is 3.48. The maximum absolute atomic E-state index is 9.51. The standard InChI is InChI=1S/C11H11BrN2O2S/c1-6(15)9-4-3-8(5-10(9)12)17-11-14-13-7(2)16-11/h3-6,15H,1-2H3/t6-/m0/s1. The van der Waals surface area contributed by atoms with Gasteiger partial charge in [-0.05, 0) is 36.4 Å². The fourth-order valence-electron chi connectivity index (χ4n) is 1.33. The van der Waals surface area contributed by atoms with Crippen LogP contribution in [0.2, 0.25) is 0 Å². The van der Waals surface area contributed by atoms with Gasteiger partial charge in [-0.25, -0.2) is 0 Å². The van der Waals surface area contributed by atoms with Gasteiger partial charge >= 0.3 is 0 Å². The Morgan fingerprint density at radius 1 is 1.41 bits per heavy atom. The van der Waals surface area contributed by atoms with Gasteiger partial charge in [0, 0.05) is 16.3 Å². The lowest BCUT2D eigenvalue weighted by molar-refractivity contribution is 0.198. The van der Waals surface area contributed by atoms with E-state index >= 15 is 0 Å². The largest absolute Gasteiger partial charge is 0.416 e. The summed E-state index contributed by atoms with van der Waals surface area (Å²) >= 11 is 4.82. The van der Waals surface area contributed by atoms with Gasteiger partial charge in [0.05, 0.1) is 6.10 Å². The van der Waals surface area contributed by atoms with Crippen molar-refractivity contribution in [3.8, 4) is 0 Å². The van der Waals surface area contributed by atoms with Crippen LogP contribution in [0.25, 0.3) is 0 Å². The molecule has 90 valence electrons. The van der Waals surface area contributed by atoms with Crippen molar-refractivity contribution in [2.75, 3.05) is 0 Å². The van der Waals surface area contributed by atoms with Gasteiger partial charge in [0.15, 0.2) is 0 Å². The first-order valence-electron chi connectivity index (χ1n) is 5.01. The number of halogens is 1. The molecule has 1 atom stereocenters. The van der Waals surface area contributed by atoms with Gasteiger partial charge in [0.2, 0.25) is 5.89 Å². The molecule has 6 heteroatoms.